The largest absolute Gasteiger partial charge is 0.379 e. The number of carbonyl (C=O) groups excluding carboxylic acids is 1. The van der Waals surface area contributed by atoms with E-state index in [1.54, 1.807) is 60.8 Å². The standard InChI is InChI=1S/C30H36N2O6S2/c1-24-9-13-27(14-10-24)39(34,35)29(23-38-4)7-5-17-31-19-21-32(22-20-31)18-6-8-30(26(3)33)40(36,37)28-15-11-25(2)12-16-28/h5-18H,19-23H2,1-4H3. The summed E-state index contributed by atoms with van der Waals surface area (Å²) in [5.41, 5.74) is 1.91. The number of ether oxygens (including phenoxy) is 1. The summed E-state index contributed by atoms with van der Waals surface area (Å²) in [6.07, 6.45) is 9.84. The number of nitrogens with zero attached hydrogens (tertiary/aromatic N) is 2. The van der Waals surface area contributed by atoms with Gasteiger partial charge in [-0.3, -0.25) is 4.79 Å². The van der Waals surface area contributed by atoms with E-state index in [1.807, 2.05) is 24.9 Å². The molecule has 0 radical (unpaired) electrons. The molecular formula is C30H36N2O6S2. The highest BCUT2D eigenvalue weighted by molar-refractivity contribution is 7.96. The molecule has 40 heavy (non-hydrogen) atoms. The molecule has 2 aromatic carbocycles. The summed E-state index contributed by atoms with van der Waals surface area (Å²) in [7, 11) is -6.12. The second kappa shape index (κ2) is 13.7. The van der Waals surface area contributed by atoms with Gasteiger partial charge in [-0.15, -0.1) is 0 Å². The smallest absolute Gasteiger partial charge is 0.210 e. The summed E-state index contributed by atoms with van der Waals surface area (Å²) in [6.45, 7) is 7.69. The number of rotatable bonds is 11. The van der Waals surface area contributed by atoms with Crippen LogP contribution in [-0.2, 0) is 29.2 Å². The summed E-state index contributed by atoms with van der Waals surface area (Å²) in [5, 5.41) is 0. The van der Waals surface area contributed by atoms with Crippen molar-refractivity contribution in [2.75, 3.05) is 39.9 Å². The van der Waals surface area contributed by atoms with E-state index in [9.17, 15) is 21.6 Å². The number of sulfone groups is 2. The van der Waals surface area contributed by atoms with Crippen LogP contribution in [-0.4, -0.2) is 72.3 Å². The van der Waals surface area contributed by atoms with E-state index in [2.05, 4.69) is 4.90 Å². The summed E-state index contributed by atoms with van der Waals surface area (Å²) in [5.74, 6) is -0.523. The molecular weight excluding hydrogens is 548 g/mol. The number of methoxy groups -OCH3 is 1. The molecule has 10 heteroatoms. The number of allylic oxidation sites excluding steroid dienone is 5. The summed E-state index contributed by atoms with van der Waals surface area (Å²) >= 11 is 0. The van der Waals surface area contributed by atoms with E-state index in [4.69, 9.17) is 4.74 Å². The molecule has 0 aromatic heterocycles. The van der Waals surface area contributed by atoms with E-state index in [1.165, 1.54) is 32.2 Å². The van der Waals surface area contributed by atoms with Crippen molar-refractivity contribution in [3.8, 4) is 0 Å². The minimum Gasteiger partial charge on any atom is -0.379 e. The molecule has 214 valence electrons. The van der Waals surface area contributed by atoms with Crippen molar-refractivity contribution in [2.45, 2.75) is 30.6 Å². The summed E-state index contributed by atoms with van der Waals surface area (Å²) in [4.78, 5) is 16.5. The number of Topliss-reactive ketones (excluding diaryl/α,β-unsaturated/α-hetero) is 1. The first-order chi connectivity index (χ1) is 18.9. The molecule has 1 saturated heterocycles. The average Bonchev–Trinajstić information content (AvgIpc) is 2.91. The van der Waals surface area contributed by atoms with Gasteiger partial charge < -0.3 is 14.5 Å². The predicted octanol–water partition coefficient (Wildman–Crippen LogP) is 4.20. The van der Waals surface area contributed by atoms with E-state index in [-0.39, 0.29) is 26.2 Å². The first-order valence-electron chi connectivity index (χ1n) is 12.8. The van der Waals surface area contributed by atoms with Gasteiger partial charge in [0.1, 0.15) is 4.91 Å². The van der Waals surface area contributed by atoms with E-state index >= 15 is 0 Å². The lowest BCUT2D eigenvalue weighted by molar-refractivity contribution is -0.113. The van der Waals surface area contributed by atoms with E-state index in [0.29, 0.717) is 26.2 Å². The molecule has 0 aliphatic carbocycles. The van der Waals surface area contributed by atoms with Gasteiger partial charge in [0.05, 0.1) is 21.3 Å². The Kier molecular flexibility index (Phi) is 10.7. The van der Waals surface area contributed by atoms with Crippen molar-refractivity contribution in [3.05, 3.63) is 106 Å². The quantitative estimate of drug-likeness (QED) is 0.286. The van der Waals surface area contributed by atoms with E-state index < -0.39 is 25.5 Å². The molecule has 1 aliphatic rings. The minimum atomic E-state index is -3.91. The molecule has 0 saturated carbocycles. The van der Waals surface area contributed by atoms with Crippen molar-refractivity contribution < 1.29 is 26.4 Å². The van der Waals surface area contributed by atoms with Crippen molar-refractivity contribution in [3.63, 3.8) is 0 Å². The number of piperazine rings is 1. The third-order valence-corrected chi connectivity index (χ3v) is 10.1. The third-order valence-electron chi connectivity index (χ3n) is 6.40. The Morgan fingerprint density at radius 2 is 1.18 bits per heavy atom. The van der Waals surface area contributed by atoms with Crippen molar-refractivity contribution >= 4 is 25.5 Å². The Labute approximate surface area is 237 Å². The fourth-order valence-electron chi connectivity index (χ4n) is 4.03. The highest BCUT2D eigenvalue weighted by atomic mass is 32.2. The number of hydrogen-bond acceptors (Lipinski definition) is 8. The lowest BCUT2D eigenvalue weighted by atomic mass is 10.2. The molecule has 1 heterocycles. The molecule has 0 bridgehead atoms. The zero-order valence-electron chi connectivity index (χ0n) is 23.3. The highest BCUT2D eigenvalue weighted by Crippen LogP contribution is 2.22. The molecule has 8 nitrogen and oxygen atoms in total. The molecule has 0 N–H and O–H groups in total. The summed E-state index contributed by atoms with van der Waals surface area (Å²) < 4.78 is 57.1. The molecule has 0 atom stereocenters. The normalized spacial score (nSPS) is 15.8. The predicted molar refractivity (Wildman–Crippen MR) is 157 cm³/mol. The van der Waals surface area contributed by atoms with Crippen LogP contribution in [0, 0.1) is 13.8 Å². The Morgan fingerprint density at radius 1 is 0.750 bits per heavy atom. The van der Waals surface area contributed by atoms with Gasteiger partial charge in [-0.1, -0.05) is 35.4 Å². The van der Waals surface area contributed by atoms with Crippen LogP contribution in [0.3, 0.4) is 0 Å². The number of hydrogen-bond donors (Lipinski definition) is 0. The van der Waals surface area contributed by atoms with Gasteiger partial charge >= 0.3 is 0 Å². The first kappa shape index (κ1) is 31.1. The Balaban J connectivity index is 1.63. The van der Waals surface area contributed by atoms with Gasteiger partial charge in [-0.25, -0.2) is 16.8 Å². The van der Waals surface area contributed by atoms with Crippen LogP contribution >= 0.6 is 0 Å². The maximum absolute atomic E-state index is 13.0. The maximum Gasteiger partial charge on any atom is 0.210 e. The zero-order chi connectivity index (χ0) is 29.3. The zero-order valence-corrected chi connectivity index (χ0v) is 24.9. The molecule has 1 aliphatic heterocycles. The Bertz CT molecular complexity index is 1510. The van der Waals surface area contributed by atoms with Crippen LogP contribution in [0.4, 0.5) is 0 Å². The van der Waals surface area contributed by atoms with Gasteiger partial charge in [-0.05, 0) is 81.7 Å². The van der Waals surface area contributed by atoms with Crippen LogP contribution in [0.2, 0.25) is 0 Å². The van der Waals surface area contributed by atoms with Crippen LogP contribution in [0.5, 0.6) is 0 Å². The lowest BCUT2D eigenvalue weighted by Crippen LogP contribution is -2.41. The molecule has 0 spiro atoms. The monoisotopic (exact) mass is 584 g/mol. The van der Waals surface area contributed by atoms with Crippen LogP contribution in [0.25, 0.3) is 0 Å². The SMILES string of the molecule is COCC(=CC=CN1CCN(C=CC=C(C(C)=O)S(=O)(=O)c2ccc(C)cc2)CC1)S(=O)(=O)c1ccc(C)cc1. The van der Waals surface area contributed by atoms with Crippen molar-refractivity contribution in [1.82, 2.24) is 9.80 Å². The number of benzene rings is 2. The molecule has 0 amide bonds. The van der Waals surface area contributed by atoms with Gasteiger partial charge in [0.15, 0.2) is 5.78 Å². The van der Waals surface area contributed by atoms with Crippen molar-refractivity contribution in [2.24, 2.45) is 0 Å². The van der Waals surface area contributed by atoms with Gasteiger partial charge in [0.2, 0.25) is 19.7 Å². The Hall–Kier alpha value is -3.47. The average molecular weight is 585 g/mol. The fraction of sp³-hybridized carbons (Fsp3) is 0.300. The second-order valence-corrected chi connectivity index (χ2v) is 13.5. The van der Waals surface area contributed by atoms with Crippen LogP contribution in [0.1, 0.15) is 18.1 Å². The second-order valence-electron chi connectivity index (χ2n) is 9.54. The number of aryl methyl sites for hydroxylation is 2. The number of carbonyl (C=O) groups is 1. The van der Waals surface area contributed by atoms with Gasteiger partial charge in [0.25, 0.3) is 0 Å². The van der Waals surface area contributed by atoms with Crippen LogP contribution in [0.15, 0.2) is 105 Å². The van der Waals surface area contributed by atoms with Crippen molar-refractivity contribution in [1.29, 1.82) is 0 Å². The first-order valence-corrected chi connectivity index (χ1v) is 15.8. The van der Waals surface area contributed by atoms with Gasteiger partial charge in [0, 0.05) is 33.3 Å². The fourth-order valence-corrected chi connectivity index (χ4v) is 6.74. The highest BCUT2D eigenvalue weighted by Gasteiger charge is 2.24. The molecule has 3 rings (SSSR count). The topological polar surface area (TPSA) is 101 Å². The summed E-state index contributed by atoms with van der Waals surface area (Å²) in [6, 6.07) is 13.1. The third kappa shape index (κ3) is 8.03. The maximum atomic E-state index is 13.0. The molecule has 1 fully saturated rings. The molecule has 2 aromatic rings. The minimum absolute atomic E-state index is 0.0332. The Morgan fingerprint density at radius 3 is 1.60 bits per heavy atom. The van der Waals surface area contributed by atoms with Crippen LogP contribution < -0.4 is 0 Å². The molecule has 0 unspecified atom stereocenters. The van der Waals surface area contributed by atoms with Gasteiger partial charge in [-0.2, -0.15) is 0 Å². The lowest BCUT2D eigenvalue weighted by Gasteiger charge is -2.33. The van der Waals surface area contributed by atoms with E-state index in [0.717, 1.165) is 11.1 Å². The number of ketones is 1.